The Kier molecular flexibility index (Phi) is 6.45. The molecule has 3 rings (SSSR count). The third kappa shape index (κ3) is 5.29. The predicted molar refractivity (Wildman–Crippen MR) is 98.1 cm³/mol. The molecule has 0 aromatic heterocycles. The molecule has 7 nitrogen and oxygen atoms in total. The van der Waals surface area contributed by atoms with Gasteiger partial charge in [-0.3, -0.25) is 14.4 Å². The number of carbonyl (C=O) groups is 3. The zero-order chi connectivity index (χ0) is 19.2. The lowest BCUT2D eigenvalue weighted by molar-refractivity contribution is -0.143. The average molecular weight is 374 g/mol. The standard InChI is InChI=1S/C20H26N2O5/c23-18(14-27-12-4-7-19(24)25)21-8-10-22(11-9-21)20(26)17-13-16(17)15-5-2-1-3-6-15/h1-3,5-6,16-17H,4,7-14H2,(H,24,25)/t16-,17+/m0/s1. The number of amides is 2. The van der Waals surface area contributed by atoms with E-state index in [0.29, 0.717) is 38.5 Å². The number of benzene rings is 1. The summed E-state index contributed by atoms with van der Waals surface area (Å²) in [5.74, 6) is -0.368. The summed E-state index contributed by atoms with van der Waals surface area (Å²) in [4.78, 5) is 38.8. The molecule has 2 aliphatic rings. The molecule has 1 aromatic carbocycles. The summed E-state index contributed by atoms with van der Waals surface area (Å²) in [7, 11) is 0. The number of nitrogens with zero attached hydrogens (tertiary/aromatic N) is 2. The Morgan fingerprint density at radius 2 is 1.70 bits per heavy atom. The molecule has 1 N–H and O–H groups in total. The number of ether oxygens (including phenoxy) is 1. The van der Waals surface area contributed by atoms with Crippen LogP contribution in [0.5, 0.6) is 0 Å². The molecular weight excluding hydrogens is 348 g/mol. The minimum Gasteiger partial charge on any atom is -0.481 e. The van der Waals surface area contributed by atoms with E-state index in [4.69, 9.17) is 9.84 Å². The third-order valence-corrected chi connectivity index (χ3v) is 5.18. The second kappa shape index (κ2) is 8.99. The van der Waals surface area contributed by atoms with Gasteiger partial charge in [-0.05, 0) is 24.3 Å². The molecule has 1 aromatic rings. The molecule has 2 fully saturated rings. The first-order valence-electron chi connectivity index (χ1n) is 9.47. The minimum atomic E-state index is -0.865. The molecule has 0 unspecified atom stereocenters. The molecule has 2 amide bonds. The lowest BCUT2D eigenvalue weighted by atomic mass is 10.1. The minimum absolute atomic E-state index is 0.0354. The van der Waals surface area contributed by atoms with Gasteiger partial charge in [0.2, 0.25) is 11.8 Å². The lowest BCUT2D eigenvalue weighted by Gasteiger charge is -2.35. The number of carboxylic acid groups (broad SMARTS) is 1. The number of hydrogen-bond acceptors (Lipinski definition) is 4. The van der Waals surface area contributed by atoms with Crippen molar-refractivity contribution in [3.63, 3.8) is 0 Å². The van der Waals surface area contributed by atoms with Gasteiger partial charge in [0.05, 0.1) is 0 Å². The second-order valence-electron chi connectivity index (χ2n) is 7.12. The number of hydrogen-bond donors (Lipinski definition) is 1. The number of carbonyl (C=O) groups excluding carboxylic acids is 2. The Labute approximate surface area is 158 Å². The fourth-order valence-electron chi connectivity index (χ4n) is 3.52. The topological polar surface area (TPSA) is 87.2 Å². The first-order chi connectivity index (χ1) is 13.1. The van der Waals surface area contributed by atoms with Crippen molar-refractivity contribution in [3.8, 4) is 0 Å². The molecule has 7 heteroatoms. The van der Waals surface area contributed by atoms with Crippen LogP contribution in [0.4, 0.5) is 0 Å². The quantitative estimate of drug-likeness (QED) is 0.694. The SMILES string of the molecule is O=C(O)CCCOCC(=O)N1CCN(C(=O)[C@@H]2C[C@H]2c2ccccc2)CC1. The maximum Gasteiger partial charge on any atom is 0.303 e. The van der Waals surface area contributed by atoms with Crippen LogP contribution in [0.2, 0.25) is 0 Å². The highest BCUT2D eigenvalue weighted by Crippen LogP contribution is 2.48. The Morgan fingerprint density at radius 1 is 1.04 bits per heavy atom. The predicted octanol–water partition coefficient (Wildman–Crippen LogP) is 1.34. The van der Waals surface area contributed by atoms with Gasteiger partial charge in [0.25, 0.3) is 0 Å². The molecule has 0 spiro atoms. The summed E-state index contributed by atoms with van der Waals surface area (Å²) in [5.41, 5.74) is 1.23. The van der Waals surface area contributed by atoms with Crippen molar-refractivity contribution in [2.45, 2.75) is 25.2 Å². The molecule has 1 saturated heterocycles. The van der Waals surface area contributed by atoms with Crippen LogP contribution in [-0.2, 0) is 19.1 Å². The molecule has 146 valence electrons. The zero-order valence-electron chi connectivity index (χ0n) is 15.4. The molecule has 2 atom stereocenters. The molecule has 1 aliphatic carbocycles. The van der Waals surface area contributed by atoms with E-state index in [2.05, 4.69) is 12.1 Å². The van der Waals surface area contributed by atoms with Crippen LogP contribution in [0.3, 0.4) is 0 Å². The zero-order valence-corrected chi connectivity index (χ0v) is 15.4. The van der Waals surface area contributed by atoms with Crippen LogP contribution in [-0.4, -0.2) is 72.1 Å². The molecule has 1 heterocycles. The lowest BCUT2D eigenvalue weighted by Crippen LogP contribution is -2.51. The average Bonchev–Trinajstić information content (AvgIpc) is 3.48. The summed E-state index contributed by atoms with van der Waals surface area (Å²) >= 11 is 0. The maximum atomic E-state index is 12.7. The number of piperazine rings is 1. The van der Waals surface area contributed by atoms with E-state index in [1.165, 1.54) is 5.56 Å². The summed E-state index contributed by atoms with van der Waals surface area (Å²) in [6, 6.07) is 10.1. The number of carboxylic acids is 1. The number of aliphatic carboxylic acids is 1. The van der Waals surface area contributed by atoms with Gasteiger partial charge in [-0.1, -0.05) is 30.3 Å². The van der Waals surface area contributed by atoms with E-state index >= 15 is 0 Å². The van der Waals surface area contributed by atoms with Crippen LogP contribution in [0.1, 0.15) is 30.7 Å². The van der Waals surface area contributed by atoms with E-state index in [0.717, 1.165) is 6.42 Å². The first kappa shape index (κ1) is 19.4. The fraction of sp³-hybridized carbons (Fsp3) is 0.550. The van der Waals surface area contributed by atoms with Crippen LogP contribution in [0, 0.1) is 5.92 Å². The molecule has 1 aliphatic heterocycles. The van der Waals surface area contributed by atoms with E-state index in [1.54, 1.807) is 4.90 Å². The molecule has 0 radical (unpaired) electrons. The molecule has 0 bridgehead atoms. The fourth-order valence-corrected chi connectivity index (χ4v) is 3.52. The highest BCUT2D eigenvalue weighted by atomic mass is 16.5. The smallest absolute Gasteiger partial charge is 0.303 e. The maximum absolute atomic E-state index is 12.7. The second-order valence-corrected chi connectivity index (χ2v) is 7.12. The van der Waals surface area contributed by atoms with E-state index in [9.17, 15) is 14.4 Å². The van der Waals surface area contributed by atoms with Crippen LogP contribution >= 0.6 is 0 Å². The third-order valence-electron chi connectivity index (χ3n) is 5.18. The Morgan fingerprint density at radius 3 is 2.37 bits per heavy atom. The van der Waals surface area contributed by atoms with Crippen molar-refractivity contribution in [2.75, 3.05) is 39.4 Å². The largest absolute Gasteiger partial charge is 0.481 e. The summed E-state index contributed by atoms with van der Waals surface area (Å²) in [5, 5.41) is 8.56. The van der Waals surface area contributed by atoms with Gasteiger partial charge in [0.1, 0.15) is 6.61 Å². The van der Waals surface area contributed by atoms with Crippen LogP contribution in [0.25, 0.3) is 0 Å². The van der Waals surface area contributed by atoms with Crippen LogP contribution < -0.4 is 0 Å². The highest BCUT2D eigenvalue weighted by Gasteiger charge is 2.46. The summed E-state index contributed by atoms with van der Waals surface area (Å²) < 4.78 is 5.25. The summed E-state index contributed by atoms with van der Waals surface area (Å²) in [6.07, 6.45) is 1.35. The van der Waals surface area contributed by atoms with E-state index in [1.807, 2.05) is 23.1 Å². The Balaban J connectivity index is 1.36. The van der Waals surface area contributed by atoms with Gasteiger partial charge in [0, 0.05) is 45.1 Å². The van der Waals surface area contributed by atoms with Crippen LogP contribution in [0.15, 0.2) is 30.3 Å². The normalized spacial score (nSPS) is 21.8. The monoisotopic (exact) mass is 374 g/mol. The van der Waals surface area contributed by atoms with Gasteiger partial charge >= 0.3 is 5.97 Å². The molecule has 27 heavy (non-hydrogen) atoms. The molecule has 1 saturated carbocycles. The van der Waals surface area contributed by atoms with E-state index in [-0.39, 0.29) is 37.4 Å². The first-order valence-corrected chi connectivity index (χ1v) is 9.47. The van der Waals surface area contributed by atoms with E-state index < -0.39 is 5.97 Å². The van der Waals surface area contributed by atoms with Gasteiger partial charge in [0.15, 0.2) is 0 Å². The van der Waals surface area contributed by atoms with Crippen molar-refractivity contribution in [3.05, 3.63) is 35.9 Å². The van der Waals surface area contributed by atoms with Crippen molar-refractivity contribution in [1.29, 1.82) is 0 Å². The van der Waals surface area contributed by atoms with Gasteiger partial charge in [-0.15, -0.1) is 0 Å². The number of rotatable bonds is 8. The molecular formula is C20H26N2O5. The van der Waals surface area contributed by atoms with Gasteiger partial charge in [-0.25, -0.2) is 0 Å². The van der Waals surface area contributed by atoms with Gasteiger partial charge < -0.3 is 19.6 Å². The summed E-state index contributed by atoms with van der Waals surface area (Å²) in [6.45, 7) is 2.38. The van der Waals surface area contributed by atoms with Crippen molar-refractivity contribution >= 4 is 17.8 Å². The van der Waals surface area contributed by atoms with Crippen molar-refractivity contribution in [1.82, 2.24) is 9.80 Å². The van der Waals surface area contributed by atoms with Gasteiger partial charge in [-0.2, -0.15) is 0 Å². The highest BCUT2D eigenvalue weighted by molar-refractivity contribution is 5.83. The Hall–Kier alpha value is -2.41. The van der Waals surface area contributed by atoms with Crippen molar-refractivity contribution in [2.24, 2.45) is 5.92 Å². The van der Waals surface area contributed by atoms with Crippen molar-refractivity contribution < 1.29 is 24.2 Å². The Bertz CT molecular complexity index is 670.